The molecule has 7 nitrogen and oxygen atoms in total. The average Bonchev–Trinajstić information content (AvgIpc) is 3.57. The zero-order valence-corrected chi connectivity index (χ0v) is 20.3. The van der Waals surface area contributed by atoms with Crippen LogP contribution in [0.1, 0.15) is 27.5 Å². The van der Waals surface area contributed by atoms with E-state index < -0.39 is 0 Å². The van der Waals surface area contributed by atoms with Crippen molar-refractivity contribution >= 4 is 40.6 Å². The molecular formula is C25H22FN5O2S2. The summed E-state index contributed by atoms with van der Waals surface area (Å²) in [4.78, 5) is 28.0. The Hall–Kier alpha value is -3.50. The standard InChI is InChI=1S/C25H22FN5O2S2/c26-18-9-11-19(12-10-18)31-22(15-27-24(33)21-8-4-14-34-21)28-29-25(31)35-16-23(32)30-13-3-6-17-5-1-2-7-20(17)30/h1-2,4-5,7-12,14H,3,6,13,15-16H2,(H,27,33). The molecule has 0 saturated carbocycles. The molecule has 2 amide bonds. The van der Waals surface area contributed by atoms with Crippen LogP contribution in [-0.4, -0.2) is 38.9 Å². The molecule has 35 heavy (non-hydrogen) atoms. The number of nitrogens with one attached hydrogen (secondary N) is 1. The first kappa shape index (κ1) is 23.3. The Morgan fingerprint density at radius 1 is 1.06 bits per heavy atom. The van der Waals surface area contributed by atoms with Gasteiger partial charge in [-0.05, 0) is 60.2 Å². The summed E-state index contributed by atoms with van der Waals surface area (Å²) in [5.41, 5.74) is 2.78. The predicted octanol–water partition coefficient (Wildman–Crippen LogP) is 4.47. The fraction of sp³-hybridized carbons (Fsp3) is 0.200. The van der Waals surface area contributed by atoms with Gasteiger partial charge < -0.3 is 10.2 Å². The molecule has 1 N–H and O–H groups in total. The fourth-order valence-electron chi connectivity index (χ4n) is 4.01. The highest BCUT2D eigenvalue weighted by Crippen LogP contribution is 2.29. The van der Waals surface area contributed by atoms with Gasteiger partial charge in [0.1, 0.15) is 5.82 Å². The van der Waals surface area contributed by atoms with Crippen molar-refractivity contribution < 1.29 is 14.0 Å². The van der Waals surface area contributed by atoms with Gasteiger partial charge in [-0.25, -0.2) is 4.39 Å². The molecule has 0 bridgehead atoms. The Kier molecular flexibility index (Phi) is 6.91. The normalized spacial score (nSPS) is 12.9. The number of hydrogen-bond donors (Lipinski definition) is 1. The minimum atomic E-state index is -0.359. The van der Waals surface area contributed by atoms with Crippen LogP contribution in [0.25, 0.3) is 5.69 Å². The number of aromatic nitrogens is 3. The summed E-state index contributed by atoms with van der Waals surface area (Å²) < 4.78 is 15.3. The molecule has 0 fully saturated rings. The van der Waals surface area contributed by atoms with Crippen molar-refractivity contribution in [2.75, 3.05) is 17.2 Å². The van der Waals surface area contributed by atoms with Gasteiger partial charge in [-0.2, -0.15) is 0 Å². The molecule has 1 aliphatic heterocycles. The third kappa shape index (κ3) is 5.13. The van der Waals surface area contributed by atoms with E-state index in [1.807, 2.05) is 34.5 Å². The maximum atomic E-state index is 13.6. The number of benzene rings is 2. The third-order valence-corrected chi connectivity index (χ3v) is 7.46. The van der Waals surface area contributed by atoms with Gasteiger partial charge in [-0.1, -0.05) is 36.0 Å². The lowest BCUT2D eigenvalue weighted by Crippen LogP contribution is -2.36. The Balaban J connectivity index is 1.35. The summed E-state index contributed by atoms with van der Waals surface area (Å²) in [7, 11) is 0. The van der Waals surface area contributed by atoms with Crippen molar-refractivity contribution in [1.82, 2.24) is 20.1 Å². The van der Waals surface area contributed by atoms with Gasteiger partial charge in [0.05, 0.1) is 17.2 Å². The summed E-state index contributed by atoms with van der Waals surface area (Å²) in [6.45, 7) is 0.816. The van der Waals surface area contributed by atoms with Crippen LogP contribution in [0.3, 0.4) is 0 Å². The van der Waals surface area contributed by atoms with Crippen molar-refractivity contribution in [3.05, 3.63) is 88.1 Å². The van der Waals surface area contributed by atoms with E-state index >= 15 is 0 Å². The number of halogens is 1. The molecule has 5 rings (SSSR count). The van der Waals surface area contributed by atoms with Crippen LogP contribution in [0, 0.1) is 5.82 Å². The van der Waals surface area contributed by atoms with E-state index in [0.29, 0.717) is 28.1 Å². The van der Waals surface area contributed by atoms with Crippen LogP contribution in [0.5, 0.6) is 0 Å². The predicted molar refractivity (Wildman–Crippen MR) is 135 cm³/mol. The zero-order chi connectivity index (χ0) is 24.2. The largest absolute Gasteiger partial charge is 0.344 e. The third-order valence-electron chi connectivity index (χ3n) is 5.67. The van der Waals surface area contributed by atoms with E-state index in [1.165, 1.54) is 40.8 Å². The molecule has 10 heteroatoms. The van der Waals surface area contributed by atoms with Gasteiger partial charge in [-0.15, -0.1) is 21.5 Å². The van der Waals surface area contributed by atoms with Crippen molar-refractivity contribution in [2.45, 2.75) is 24.5 Å². The minimum Gasteiger partial charge on any atom is -0.344 e. The number of anilines is 1. The molecule has 2 aromatic heterocycles. The fourth-order valence-corrected chi connectivity index (χ4v) is 5.50. The Morgan fingerprint density at radius 2 is 1.89 bits per heavy atom. The lowest BCUT2D eigenvalue weighted by Gasteiger charge is -2.29. The first-order chi connectivity index (χ1) is 17.1. The summed E-state index contributed by atoms with van der Waals surface area (Å²) in [5.74, 6) is 0.0855. The molecule has 0 radical (unpaired) electrons. The molecule has 4 aromatic rings. The molecule has 178 valence electrons. The maximum Gasteiger partial charge on any atom is 0.261 e. The van der Waals surface area contributed by atoms with Gasteiger partial charge in [0, 0.05) is 17.9 Å². The number of aryl methyl sites for hydroxylation is 1. The Morgan fingerprint density at radius 3 is 2.69 bits per heavy atom. The van der Waals surface area contributed by atoms with Gasteiger partial charge in [-0.3, -0.25) is 14.2 Å². The SMILES string of the molecule is O=C(NCc1nnc(SCC(=O)N2CCCc3ccccc32)n1-c1ccc(F)cc1)c1cccs1. The van der Waals surface area contributed by atoms with Crippen LogP contribution in [0.2, 0.25) is 0 Å². The number of carbonyl (C=O) groups is 2. The van der Waals surface area contributed by atoms with Crippen LogP contribution in [0.15, 0.2) is 71.2 Å². The second-order valence-corrected chi connectivity index (χ2v) is 9.83. The molecule has 0 unspecified atom stereocenters. The van der Waals surface area contributed by atoms with Gasteiger partial charge in [0.2, 0.25) is 5.91 Å². The minimum absolute atomic E-state index is 0.0108. The molecule has 0 saturated heterocycles. The molecule has 0 spiro atoms. The number of para-hydroxylation sites is 1. The molecular weight excluding hydrogens is 485 g/mol. The number of thioether (sulfide) groups is 1. The summed E-state index contributed by atoms with van der Waals surface area (Å²) in [6.07, 6.45) is 1.89. The van der Waals surface area contributed by atoms with E-state index in [9.17, 15) is 14.0 Å². The highest BCUT2D eigenvalue weighted by Gasteiger charge is 2.24. The van der Waals surface area contributed by atoms with E-state index in [1.54, 1.807) is 22.8 Å². The average molecular weight is 508 g/mol. The number of fused-ring (bicyclic) bond motifs is 1. The Labute approximate surface area is 210 Å². The first-order valence-electron chi connectivity index (χ1n) is 11.1. The lowest BCUT2D eigenvalue weighted by molar-refractivity contribution is -0.116. The number of amides is 2. The highest BCUT2D eigenvalue weighted by atomic mass is 32.2. The number of nitrogens with zero attached hydrogens (tertiary/aromatic N) is 4. The van der Waals surface area contributed by atoms with Crippen molar-refractivity contribution in [1.29, 1.82) is 0 Å². The topological polar surface area (TPSA) is 80.1 Å². The molecule has 1 aliphatic rings. The maximum absolute atomic E-state index is 13.6. The number of carbonyl (C=O) groups excluding carboxylic acids is 2. The summed E-state index contributed by atoms with van der Waals surface area (Å²) in [5, 5.41) is 13.7. The molecule has 3 heterocycles. The number of hydrogen-bond acceptors (Lipinski definition) is 6. The zero-order valence-electron chi connectivity index (χ0n) is 18.7. The summed E-state index contributed by atoms with van der Waals surface area (Å²) in [6, 6.07) is 17.5. The van der Waals surface area contributed by atoms with Crippen molar-refractivity contribution in [3.8, 4) is 5.69 Å². The van der Waals surface area contributed by atoms with Gasteiger partial charge >= 0.3 is 0 Å². The quantitative estimate of drug-likeness (QED) is 0.374. The number of rotatable bonds is 7. The molecule has 0 atom stereocenters. The monoisotopic (exact) mass is 507 g/mol. The first-order valence-corrected chi connectivity index (χ1v) is 13.0. The highest BCUT2D eigenvalue weighted by molar-refractivity contribution is 7.99. The van der Waals surface area contributed by atoms with Crippen LogP contribution < -0.4 is 10.2 Å². The van der Waals surface area contributed by atoms with E-state index in [2.05, 4.69) is 21.6 Å². The summed E-state index contributed by atoms with van der Waals surface area (Å²) >= 11 is 2.62. The molecule has 2 aromatic carbocycles. The van der Waals surface area contributed by atoms with E-state index in [-0.39, 0.29) is 29.9 Å². The lowest BCUT2D eigenvalue weighted by atomic mass is 10.0. The number of thiophene rings is 1. The second kappa shape index (κ2) is 10.4. The van der Waals surface area contributed by atoms with E-state index in [4.69, 9.17) is 0 Å². The van der Waals surface area contributed by atoms with Gasteiger partial charge in [0.15, 0.2) is 11.0 Å². The molecule has 0 aliphatic carbocycles. The van der Waals surface area contributed by atoms with Crippen molar-refractivity contribution in [2.24, 2.45) is 0 Å². The Bertz CT molecular complexity index is 1340. The van der Waals surface area contributed by atoms with Crippen LogP contribution >= 0.6 is 23.1 Å². The van der Waals surface area contributed by atoms with Gasteiger partial charge in [0.25, 0.3) is 5.91 Å². The van der Waals surface area contributed by atoms with Crippen LogP contribution in [0.4, 0.5) is 10.1 Å². The smallest absolute Gasteiger partial charge is 0.261 e. The van der Waals surface area contributed by atoms with E-state index in [0.717, 1.165) is 18.5 Å². The van der Waals surface area contributed by atoms with Crippen molar-refractivity contribution in [3.63, 3.8) is 0 Å². The van der Waals surface area contributed by atoms with Crippen LogP contribution in [-0.2, 0) is 17.8 Å². The second-order valence-electron chi connectivity index (χ2n) is 7.94.